The molecule has 0 aliphatic heterocycles. The number of rotatable bonds is 4. The minimum atomic E-state index is -1.06. The Hall–Kier alpha value is -1.69. The van der Waals surface area contributed by atoms with Crippen LogP contribution in [0.4, 0.5) is 14.5 Å². The summed E-state index contributed by atoms with van der Waals surface area (Å²) in [4.78, 5) is 12.1. The highest BCUT2D eigenvalue weighted by Crippen LogP contribution is 2.20. The Bertz CT molecular complexity index is 640. The van der Waals surface area contributed by atoms with Gasteiger partial charge in [0.15, 0.2) is 11.6 Å². The molecule has 1 aromatic heterocycles. The van der Waals surface area contributed by atoms with Gasteiger partial charge in [-0.15, -0.1) is 0 Å². The van der Waals surface area contributed by atoms with Gasteiger partial charge in [0.2, 0.25) is 0 Å². The van der Waals surface area contributed by atoms with Crippen molar-refractivity contribution in [3.63, 3.8) is 0 Å². The van der Waals surface area contributed by atoms with Crippen molar-refractivity contribution in [2.45, 2.75) is 19.9 Å². The molecule has 2 aromatic rings. The van der Waals surface area contributed by atoms with Crippen molar-refractivity contribution in [2.75, 3.05) is 5.32 Å². The fourth-order valence-corrected chi connectivity index (χ4v) is 2.34. The Kier molecular flexibility index (Phi) is 4.54. The molecular formula is C14H13BrF2N2O. The summed E-state index contributed by atoms with van der Waals surface area (Å²) in [5.74, 6) is -2.53. The van der Waals surface area contributed by atoms with Gasteiger partial charge in [-0.1, -0.05) is 13.0 Å². The molecular weight excluding hydrogens is 330 g/mol. The molecule has 0 saturated carbocycles. The maximum absolute atomic E-state index is 13.5. The van der Waals surface area contributed by atoms with Crippen LogP contribution in [0.15, 0.2) is 34.9 Å². The Morgan fingerprint density at radius 1 is 1.40 bits per heavy atom. The van der Waals surface area contributed by atoms with Crippen LogP contribution in [0.3, 0.4) is 0 Å². The number of nitrogens with zero attached hydrogens (tertiary/aromatic N) is 1. The van der Waals surface area contributed by atoms with E-state index in [-0.39, 0.29) is 5.69 Å². The molecule has 0 fully saturated rings. The fraction of sp³-hybridized carbons (Fsp3) is 0.214. The van der Waals surface area contributed by atoms with Crippen LogP contribution in [0.5, 0.6) is 0 Å². The van der Waals surface area contributed by atoms with Gasteiger partial charge in [0.05, 0.1) is 5.69 Å². The van der Waals surface area contributed by atoms with Crippen LogP contribution in [0, 0.1) is 11.6 Å². The molecule has 0 atom stereocenters. The predicted octanol–water partition coefficient (Wildman–Crippen LogP) is 4.19. The van der Waals surface area contributed by atoms with Crippen LogP contribution in [0.2, 0.25) is 0 Å². The van der Waals surface area contributed by atoms with E-state index in [1.54, 1.807) is 16.8 Å². The van der Waals surface area contributed by atoms with Crippen molar-refractivity contribution >= 4 is 27.5 Å². The number of hydrogen-bond acceptors (Lipinski definition) is 1. The molecule has 0 aliphatic rings. The van der Waals surface area contributed by atoms with Crippen LogP contribution < -0.4 is 5.32 Å². The lowest BCUT2D eigenvalue weighted by Crippen LogP contribution is -2.17. The van der Waals surface area contributed by atoms with Crippen molar-refractivity contribution in [2.24, 2.45) is 0 Å². The summed E-state index contributed by atoms with van der Waals surface area (Å²) in [7, 11) is 0. The number of aryl methyl sites for hydroxylation is 1. The molecule has 0 unspecified atom stereocenters. The van der Waals surface area contributed by atoms with Crippen LogP contribution in [0.25, 0.3) is 0 Å². The van der Waals surface area contributed by atoms with E-state index in [1.165, 1.54) is 12.1 Å². The maximum Gasteiger partial charge on any atom is 0.272 e. The minimum Gasteiger partial charge on any atom is -0.342 e. The molecule has 0 saturated heterocycles. The fourth-order valence-electron chi connectivity index (χ4n) is 1.88. The number of hydrogen-bond donors (Lipinski definition) is 1. The zero-order valence-electron chi connectivity index (χ0n) is 10.8. The zero-order chi connectivity index (χ0) is 14.7. The number of benzene rings is 1. The maximum atomic E-state index is 13.5. The van der Waals surface area contributed by atoms with Crippen LogP contribution >= 0.6 is 15.9 Å². The highest BCUT2D eigenvalue weighted by atomic mass is 79.9. The molecule has 1 amide bonds. The molecule has 6 heteroatoms. The average molecular weight is 343 g/mol. The average Bonchev–Trinajstić information content (AvgIpc) is 2.76. The molecule has 1 heterocycles. The molecule has 0 spiro atoms. The molecule has 1 aromatic carbocycles. The van der Waals surface area contributed by atoms with Gasteiger partial charge in [0.1, 0.15) is 5.69 Å². The molecule has 106 valence electrons. The Morgan fingerprint density at radius 2 is 2.15 bits per heavy atom. The number of aromatic nitrogens is 1. The Morgan fingerprint density at radius 3 is 2.85 bits per heavy atom. The number of carbonyl (C=O) groups is 1. The van der Waals surface area contributed by atoms with Gasteiger partial charge in [0.25, 0.3) is 5.91 Å². The summed E-state index contributed by atoms with van der Waals surface area (Å²) in [6, 6.07) is 5.30. The third-order valence-electron chi connectivity index (χ3n) is 2.76. The first-order chi connectivity index (χ1) is 9.52. The number of nitrogens with one attached hydrogen (secondary N) is 1. The molecule has 1 N–H and O–H groups in total. The lowest BCUT2D eigenvalue weighted by atomic mass is 10.2. The van der Waals surface area contributed by atoms with Crippen LogP contribution in [0.1, 0.15) is 23.8 Å². The topological polar surface area (TPSA) is 34.0 Å². The molecule has 0 radical (unpaired) electrons. The number of carbonyl (C=O) groups excluding carboxylic acids is 1. The second kappa shape index (κ2) is 6.17. The standard InChI is InChI=1S/C14H13BrF2N2O/c1-2-6-19-8-9(15)7-12(19)14(20)18-11-5-3-4-10(16)13(11)17/h3-5,7-8H,2,6H2,1H3,(H,18,20). The van der Waals surface area contributed by atoms with Crippen LogP contribution in [-0.4, -0.2) is 10.5 Å². The molecule has 0 aliphatic carbocycles. The van der Waals surface area contributed by atoms with Crippen molar-refractivity contribution < 1.29 is 13.6 Å². The van der Waals surface area contributed by atoms with Gasteiger partial charge in [-0.3, -0.25) is 4.79 Å². The second-order valence-corrected chi connectivity index (χ2v) is 5.21. The first-order valence-corrected chi connectivity index (χ1v) is 6.93. The minimum absolute atomic E-state index is 0.171. The van der Waals surface area contributed by atoms with Crippen molar-refractivity contribution in [1.82, 2.24) is 4.57 Å². The van der Waals surface area contributed by atoms with Gasteiger partial charge in [0, 0.05) is 17.2 Å². The molecule has 2 rings (SSSR count). The van der Waals surface area contributed by atoms with E-state index in [4.69, 9.17) is 0 Å². The smallest absolute Gasteiger partial charge is 0.272 e. The van der Waals surface area contributed by atoms with Crippen LogP contribution in [-0.2, 0) is 6.54 Å². The van der Waals surface area contributed by atoms with E-state index in [1.807, 2.05) is 6.92 Å². The second-order valence-electron chi connectivity index (χ2n) is 4.29. The third kappa shape index (κ3) is 3.07. The summed E-state index contributed by atoms with van der Waals surface area (Å²) in [6.07, 6.45) is 2.63. The summed E-state index contributed by atoms with van der Waals surface area (Å²) in [5.41, 5.74) is 0.220. The Labute approximate surface area is 123 Å². The van der Waals surface area contributed by atoms with Crippen molar-refractivity contribution in [3.05, 3.63) is 52.3 Å². The van der Waals surface area contributed by atoms with Crippen molar-refractivity contribution in [3.8, 4) is 0 Å². The molecule has 20 heavy (non-hydrogen) atoms. The van der Waals surface area contributed by atoms with E-state index in [0.29, 0.717) is 12.2 Å². The van der Waals surface area contributed by atoms with Gasteiger partial charge in [-0.05, 0) is 40.5 Å². The summed E-state index contributed by atoms with van der Waals surface area (Å²) < 4.78 is 29.1. The monoisotopic (exact) mass is 342 g/mol. The number of anilines is 1. The van der Waals surface area contributed by atoms with E-state index in [0.717, 1.165) is 17.0 Å². The quantitative estimate of drug-likeness (QED) is 0.887. The van der Waals surface area contributed by atoms with E-state index in [2.05, 4.69) is 21.2 Å². The largest absolute Gasteiger partial charge is 0.342 e. The predicted molar refractivity (Wildman–Crippen MR) is 76.7 cm³/mol. The first kappa shape index (κ1) is 14.7. The summed E-state index contributed by atoms with van der Waals surface area (Å²) in [6.45, 7) is 2.65. The van der Waals surface area contributed by atoms with E-state index >= 15 is 0 Å². The molecule has 3 nitrogen and oxygen atoms in total. The van der Waals surface area contributed by atoms with Gasteiger partial charge < -0.3 is 9.88 Å². The zero-order valence-corrected chi connectivity index (χ0v) is 12.4. The van der Waals surface area contributed by atoms with Gasteiger partial charge >= 0.3 is 0 Å². The summed E-state index contributed by atoms with van der Waals surface area (Å²) in [5, 5.41) is 2.38. The lowest BCUT2D eigenvalue weighted by molar-refractivity contribution is 0.101. The van der Waals surface area contributed by atoms with E-state index < -0.39 is 17.5 Å². The third-order valence-corrected chi connectivity index (χ3v) is 3.19. The normalized spacial score (nSPS) is 10.6. The van der Waals surface area contributed by atoms with Gasteiger partial charge in [-0.25, -0.2) is 8.78 Å². The van der Waals surface area contributed by atoms with Crippen molar-refractivity contribution in [1.29, 1.82) is 0 Å². The van der Waals surface area contributed by atoms with E-state index in [9.17, 15) is 13.6 Å². The number of halogens is 3. The first-order valence-electron chi connectivity index (χ1n) is 6.14. The summed E-state index contributed by atoms with van der Waals surface area (Å²) >= 11 is 3.30. The highest BCUT2D eigenvalue weighted by Gasteiger charge is 2.16. The van der Waals surface area contributed by atoms with Gasteiger partial charge in [-0.2, -0.15) is 0 Å². The highest BCUT2D eigenvalue weighted by molar-refractivity contribution is 9.10. The Balaban J connectivity index is 2.26. The lowest BCUT2D eigenvalue weighted by Gasteiger charge is -2.09. The molecule has 0 bridgehead atoms. The number of amides is 1. The SMILES string of the molecule is CCCn1cc(Br)cc1C(=O)Nc1cccc(F)c1F.